The lowest BCUT2D eigenvalue weighted by Gasteiger charge is -2.14. The van der Waals surface area contributed by atoms with E-state index in [1.165, 1.54) is 0 Å². The number of thioether (sulfide) groups is 1. The highest BCUT2D eigenvalue weighted by Gasteiger charge is 2.08. The molecule has 0 amide bonds. The zero-order chi connectivity index (χ0) is 12.7. The maximum atomic E-state index is 6.16. The molecule has 1 aromatic carbocycles. The molecule has 96 valence electrons. The third kappa shape index (κ3) is 5.19. The molecule has 0 saturated carbocycles. The van der Waals surface area contributed by atoms with E-state index in [0.29, 0.717) is 17.7 Å². The van der Waals surface area contributed by atoms with E-state index in [1.54, 1.807) is 11.8 Å². The maximum Gasteiger partial charge on any atom is 0.142 e. The minimum absolute atomic E-state index is 0.452. The number of rotatable bonds is 7. The largest absolute Gasteiger partial charge is 0.491 e. The van der Waals surface area contributed by atoms with Crippen LogP contribution in [0.4, 0.5) is 0 Å². The summed E-state index contributed by atoms with van der Waals surface area (Å²) in [4.78, 5) is 0. The molecule has 0 aliphatic heterocycles. The van der Waals surface area contributed by atoms with Crippen molar-refractivity contribution in [3.63, 3.8) is 0 Å². The summed E-state index contributed by atoms with van der Waals surface area (Å²) in [7, 11) is 0. The monoisotopic (exact) mass is 273 g/mol. The first-order valence-corrected chi connectivity index (χ1v) is 7.55. The molecule has 0 aromatic heterocycles. The summed E-state index contributed by atoms with van der Waals surface area (Å²) in [6.07, 6.45) is 2.07. The summed E-state index contributed by atoms with van der Waals surface area (Å²) in [5.41, 5.74) is 1.12. The number of hydrogen-bond donors (Lipinski definition) is 1. The van der Waals surface area contributed by atoms with Crippen molar-refractivity contribution in [1.29, 1.82) is 0 Å². The van der Waals surface area contributed by atoms with E-state index < -0.39 is 0 Å². The molecule has 0 unspecified atom stereocenters. The molecule has 0 fully saturated rings. The number of halogens is 1. The number of hydrogen-bond acceptors (Lipinski definition) is 3. The Hall–Kier alpha value is -0.380. The molecular formula is C13H20ClNOS. The van der Waals surface area contributed by atoms with Gasteiger partial charge < -0.3 is 10.1 Å². The minimum atomic E-state index is 0.452. The molecule has 0 aliphatic rings. The van der Waals surface area contributed by atoms with E-state index in [1.807, 2.05) is 12.1 Å². The summed E-state index contributed by atoms with van der Waals surface area (Å²) in [5.74, 6) is 1.79. The normalized spacial score (nSPS) is 10.9. The Bertz CT molecular complexity index is 344. The lowest BCUT2D eigenvalue weighted by atomic mass is 10.2. The van der Waals surface area contributed by atoms with Gasteiger partial charge in [-0.05, 0) is 12.3 Å². The van der Waals surface area contributed by atoms with E-state index >= 15 is 0 Å². The van der Waals surface area contributed by atoms with Crippen LogP contribution >= 0.6 is 23.4 Å². The Morgan fingerprint density at radius 3 is 2.82 bits per heavy atom. The van der Waals surface area contributed by atoms with E-state index in [9.17, 15) is 0 Å². The topological polar surface area (TPSA) is 21.3 Å². The second-order valence-corrected chi connectivity index (χ2v) is 5.50. The lowest BCUT2D eigenvalue weighted by molar-refractivity contribution is 0.339. The molecule has 1 N–H and O–H groups in total. The zero-order valence-corrected chi connectivity index (χ0v) is 12.2. The van der Waals surface area contributed by atoms with Gasteiger partial charge in [-0.2, -0.15) is 11.8 Å². The van der Waals surface area contributed by atoms with Crippen LogP contribution in [0.15, 0.2) is 18.2 Å². The van der Waals surface area contributed by atoms with Gasteiger partial charge in [0.25, 0.3) is 0 Å². The summed E-state index contributed by atoms with van der Waals surface area (Å²) in [5, 5.41) is 4.06. The molecular weight excluding hydrogens is 254 g/mol. The van der Waals surface area contributed by atoms with Crippen molar-refractivity contribution in [3.05, 3.63) is 28.8 Å². The molecule has 2 nitrogen and oxygen atoms in total. The summed E-state index contributed by atoms with van der Waals surface area (Å²) in [6, 6.07) is 6.33. The molecule has 0 saturated heterocycles. The third-order valence-corrected chi connectivity index (χ3v) is 3.16. The molecule has 0 atom stereocenters. The summed E-state index contributed by atoms with van der Waals surface area (Å²) >= 11 is 7.93. The Morgan fingerprint density at radius 1 is 1.41 bits per heavy atom. The first-order valence-electron chi connectivity index (χ1n) is 5.77. The van der Waals surface area contributed by atoms with Crippen LogP contribution in [0.1, 0.15) is 19.4 Å². The molecule has 0 heterocycles. The van der Waals surface area contributed by atoms with Crippen molar-refractivity contribution >= 4 is 23.4 Å². The van der Waals surface area contributed by atoms with Gasteiger partial charge in [-0.25, -0.2) is 0 Å². The third-order valence-electron chi connectivity index (χ3n) is 2.28. The van der Waals surface area contributed by atoms with Crippen LogP contribution in [-0.4, -0.2) is 24.7 Å². The first kappa shape index (κ1) is 14.7. The van der Waals surface area contributed by atoms with Gasteiger partial charge in [0.15, 0.2) is 0 Å². The summed E-state index contributed by atoms with van der Waals surface area (Å²) in [6.45, 7) is 5.73. The van der Waals surface area contributed by atoms with Gasteiger partial charge in [0.2, 0.25) is 0 Å². The Balaban J connectivity index is 2.69. The lowest BCUT2D eigenvalue weighted by Crippen LogP contribution is -2.22. The average molecular weight is 274 g/mol. The van der Waals surface area contributed by atoms with Gasteiger partial charge in [0.1, 0.15) is 5.75 Å². The second kappa shape index (κ2) is 7.85. The SMILES string of the molecule is CSCCOc1c(Cl)cccc1CNC(C)C. The van der Waals surface area contributed by atoms with Crippen LogP contribution in [0.3, 0.4) is 0 Å². The molecule has 4 heteroatoms. The maximum absolute atomic E-state index is 6.16. The van der Waals surface area contributed by atoms with Crippen LogP contribution < -0.4 is 10.1 Å². The smallest absolute Gasteiger partial charge is 0.142 e. The van der Waals surface area contributed by atoms with Crippen molar-refractivity contribution in [2.24, 2.45) is 0 Å². The van der Waals surface area contributed by atoms with Gasteiger partial charge >= 0.3 is 0 Å². The van der Waals surface area contributed by atoms with Crippen molar-refractivity contribution in [3.8, 4) is 5.75 Å². The molecule has 0 aliphatic carbocycles. The predicted molar refractivity (Wildman–Crippen MR) is 77.3 cm³/mol. The van der Waals surface area contributed by atoms with Crippen LogP contribution in [0, 0.1) is 0 Å². The van der Waals surface area contributed by atoms with Crippen molar-refractivity contribution in [2.45, 2.75) is 26.4 Å². The van der Waals surface area contributed by atoms with Gasteiger partial charge in [0, 0.05) is 23.9 Å². The zero-order valence-electron chi connectivity index (χ0n) is 10.6. The van der Waals surface area contributed by atoms with Crippen molar-refractivity contribution in [2.75, 3.05) is 18.6 Å². The average Bonchev–Trinajstić information content (AvgIpc) is 2.29. The Kier molecular flexibility index (Phi) is 6.78. The van der Waals surface area contributed by atoms with Crippen LogP contribution in [0.2, 0.25) is 5.02 Å². The van der Waals surface area contributed by atoms with Gasteiger partial charge in [-0.15, -0.1) is 0 Å². The molecule has 1 rings (SSSR count). The predicted octanol–water partition coefficient (Wildman–Crippen LogP) is 3.58. The van der Waals surface area contributed by atoms with Gasteiger partial charge in [0.05, 0.1) is 11.6 Å². The van der Waals surface area contributed by atoms with Crippen LogP contribution in [0.5, 0.6) is 5.75 Å². The van der Waals surface area contributed by atoms with Crippen molar-refractivity contribution < 1.29 is 4.74 Å². The highest BCUT2D eigenvalue weighted by Crippen LogP contribution is 2.28. The molecule has 0 bridgehead atoms. The van der Waals surface area contributed by atoms with Gasteiger partial charge in [-0.3, -0.25) is 0 Å². The van der Waals surface area contributed by atoms with E-state index in [-0.39, 0.29) is 0 Å². The number of nitrogens with one attached hydrogen (secondary N) is 1. The second-order valence-electron chi connectivity index (χ2n) is 4.10. The molecule has 17 heavy (non-hydrogen) atoms. The Morgan fingerprint density at radius 2 is 2.18 bits per heavy atom. The van der Waals surface area contributed by atoms with E-state index in [0.717, 1.165) is 23.6 Å². The number of para-hydroxylation sites is 1. The number of ether oxygens (including phenoxy) is 1. The highest BCUT2D eigenvalue weighted by molar-refractivity contribution is 7.98. The quantitative estimate of drug-likeness (QED) is 0.768. The fourth-order valence-electron chi connectivity index (χ4n) is 1.40. The minimum Gasteiger partial charge on any atom is -0.491 e. The van der Waals surface area contributed by atoms with Crippen LogP contribution in [0.25, 0.3) is 0 Å². The molecule has 0 radical (unpaired) electrons. The number of benzene rings is 1. The Labute approximate surface area is 113 Å². The van der Waals surface area contributed by atoms with Crippen molar-refractivity contribution in [1.82, 2.24) is 5.32 Å². The highest BCUT2D eigenvalue weighted by atomic mass is 35.5. The fourth-order valence-corrected chi connectivity index (χ4v) is 1.89. The standard InChI is InChI=1S/C13H20ClNOS/c1-10(2)15-9-11-5-4-6-12(14)13(11)16-7-8-17-3/h4-6,10,15H,7-9H2,1-3H3. The fraction of sp³-hybridized carbons (Fsp3) is 0.538. The molecule has 1 aromatic rings. The van der Waals surface area contributed by atoms with E-state index in [4.69, 9.17) is 16.3 Å². The van der Waals surface area contributed by atoms with E-state index in [2.05, 4.69) is 31.5 Å². The first-order chi connectivity index (χ1) is 8.15. The van der Waals surface area contributed by atoms with Gasteiger partial charge in [-0.1, -0.05) is 37.6 Å². The van der Waals surface area contributed by atoms with Crippen LogP contribution in [-0.2, 0) is 6.54 Å². The molecule has 0 spiro atoms. The summed E-state index contributed by atoms with van der Waals surface area (Å²) < 4.78 is 5.75.